The van der Waals surface area contributed by atoms with Crippen molar-refractivity contribution in [2.75, 3.05) is 19.6 Å². The zero-order valence-electron chi connectivity index (χ0n) is 13.2. The maximum Gasteiger partial charge on any atom is 0.222 e. The summed E-state index contributed by atoms with van der Waals surface area (Å²) in [6.07, 6.45) is 1.44. The molecule has 22 heavy (non-hydrogen) atoms. The van der Waals surface area contributed by atoms with Crippen LogP contribution in [-0.4, -0.2) is 31.5 Å². The van der Waals surface area contributed by atoms with Crippen molar-refractivity contribution in [2.24, 2.45) is 16.6 Å². The number of aliphatic imine (C=N–C) groups is 1. The number of nitrogens with two attached hydrogens (primary N) is 1. The molecule has 1 aromatic carbocycles. The molecule has 0 radical (unpaired) electrons. The van der Waals surface area contributed by atoms with Crippen LogP contribution >= 0.6 is 0 Å². The molecule has 122 valence electrons. The molecule has 1 amide bonds. The van der Waals surface area contributed by atoms with Gasteiger partial charge in [-0.1, -0.05) is 19.1 Å². The van der Waals surface area contributed by atoms with Gasteiger partial charge >= 0.3 is 0 Å². The number of carbonyl (C=O) groups excluding carboxylic acids is 1. The molecule has 0 aliphatic rings. The highest BCUT2D eigenvalue weighted by atomic mass is 19.1. The number of carbonyl (C=O) groups is 1. The van der Waals surface area contributed by atoms with Gasteiger partial charge in [0, 0.05) is 13.1 Å². The lowest BCUT2D eigenvalue weighted by Crippen LogP contribution is -2.38. The molecule has 4 N–H and O–H groups in total. The van der Waals surface area contributed by atoms with Gasteiger partial charge in [0.05, 0.1) is 12.5 Å². The first-order chi connectivity index (χ1) is 10.6. The first kappa shape index (κ1) is 17.9. The summed E-state index contributed by atoms with van der Waals surface area (Å²) < 4.78 is 12.9. The lowest BCUT2D eigenvalue weighted by molar-refractivity contribution is -0.121. The summed E-state index contributed by atoms with van der Waals surface area (Å²) >= 11 is 0. The smallest absolute Gasteiger partial charge is 0.222 e. The Balaban J connectivity index is 2.69. The van der Waals surface area contributed by atoms with Crippen molar-refractivity contribution < 1.29 is 9.18 Å². The number of benzene rings is 1. The van der Waals surface area contributed by atoms with Crippen molar-refractivity contribution in [1.29, 1.82) is 0 Å². The van der Waals surface area contributed by atoms with E-state index in [0.717, 1.165) is 25.1 Å². The Hall–Kier alpha value is -2.11. The van der Waals surface area contributed by atoms with Gasteiger partial charge in [0.25, 0.3) is 0 Å². The van der Waals surface area contributed by atoms with E-state index in [1.165, 1.54) is 12.1 Å². The number of halogens is 1. The second kappa shape index (κ2) is 9.76. The van der Waals surface area contributed by atoms with Crippen LogP contribution in [0.4, 0.5) is 4.39 Å². The topological polar surface area (TPSA) is 79.5 Å². The molecule has 1 rings (SSSR count). The lowest BCUT2D eigenvalue weighted by atomic mass is 9.99. The van der Waals surface area contributed by atoms with E-state index in [-0.39, 0.29) is 5.82 Å². The highest BCUT2D eigenvalue weighted by Gasteiger charge is 2.16. The highest BCUT2D eigenvalue weighted by Crippen LogP contribution is 2.10. The molecule has 0 bridgehead atoms. The Kier molecular flexibility index (Phi) is 7.96. The van der Waals surface area contributed by atoms with Crippen LogP contribution in [0.5, 0.6) is 0 Å². The SMILES string of the molecule is CCCNC(=NCC(Cc1ccc(F)cc1)C(N)=O)NCC. The molecule has 0 aromatic heterocycles. The molecule has 0 saturated carbocycles. The Morgan fingerprint density at radius 1 is 1.27 bits per heavy atom. The standard InChI is InChI=1S/C16H25FN4O/c1-3-9-20-16(19-4-2)21-11-13(15(18)22)10-12-5-7-14(17)8-6-12/h5-8,13H,3-4,9-11H2,1-2H3,(H2,18,22)(H2,19,20,21). The molecule has 1 atom stereocenters. The fraction of sp³-hybridized carbons (Fsp3) is 0.500. The normalized spacial score (nSPS) is 12.8. The summed E-state index contributed by atoms with van der Waals surface area (Å²) in [6.45, 7) is 5.90. The van der Waals surface area contributed by atoms with Crippen molar-refractivity contribution in [3.8, 4) is 0 Å². The number of rotatable bonds is 8. The molecular formula is C16H25FN4O. The molecule has 1 aromatic rings. The number of nitrogens with one attached hydrogen (secondary N) is 2. The van der Waals surface area contributed by atoms with Gasteiger partial charge in [0.1, 0.15) is 5.82 Å². The van der Waals surface area contributed by atoms with Crippen LogP contribution in [0, 0.1) is 11.7 Å². The first-order valence-corrected chi connectivity index (χ1v) is 7.62. The van der Waals surface area contributed by atoms with Gasteiger partial charge in [-0.3, -0.25) is 9.79 Å². The molecule has 0 spiro atoms. The second-order valence-electron chi connectivity index (χ2n) is 5.08. The Morgan fingerprint density at radius 2 is 1.95 bits per heavy atom. The molecular weight excluding hydrogens is 283 g/mol. The minimum Gasteiger partial charge on any atom is -0.369 e. The fourth-order valence-electron chi connectivity index (χ4n) is 1.95. The summed E-state index contributed by atoms with van der Waals surface area (Å²) in [4.78, 5) is 16.0. The number of amides is 1. The van der Waals surface area contributed by atoms with Gasteiger partial charge < -0.3 is 16.4 Å². The molecule has 0 saturated heterocycles. The van der Waals surface area contributed by atoms with E-state index in [9.17, 15) is 9.18 Å². The van der Waals surface area contributed by atoms with Gasteiger partial charge in [-0.15, -0.1) is 0 Å². The lowest BCUT2D eigenvalue weighted by Gasteiger charge is -2.14. The molecule has 0 fully saturated rings. The van der Waals surface area contributed by atoms with E-state index >= 15 is 0 Å². The third-order valence-corrected chi connectivity index (χ3v) is 3.15. The number of guanidine groups is 1. The largest absolute Gasteiger partial charge is 0.369 e. The van der Waals surface area contributed by atoms with Gasteiger partial charge in [-0.05, 0) is 37.5 Å². The van der Waals surface area contributed by atoms with E-state index in [1.807, 2.05) is 6.92 Å². The van der Waals surface area contributed by atoms with Crippen LogP contribution in [0.25, 0.3) is 0 Å². The predicted octanol–water partition coefficient (Wildman–Crippen LogP) is 1.43. The summed E-state index contributed by atoms with van der Waals surface area (Å²) in [6, 6.07) is 6.08. The molecule has 0 aliphatic heterocycles. The Labute approximate surface area is 131 Å². The van der Waals surface area contributed by atoms with Crippen molar-refractivity contribution in [3.63, 3.8) is 0 Å². The molecule has 5 nitrogen and oxygen atoms in total. The van der Waals surface area contributed by atoms with Crippen LogP contribution in [0.3, 0.4) is 0 Å². The second-order valence-corrected chi connectivity index (χ2v) is 5.08. The quantitative estimate of drug-likeness (QED) is 0.502. The van der Waals surface area contributed by atoms with Crippen LogP contribution in [0.2, 0.25) is 0 Å². The maximum atomic E-state index is 12.9. The van der Waals surface area contributed by atoms with Crippen LogP contribution in [0.15, 0.2) is 29.3 Å². The number of primary amides is 1. The number of nitrogens with zero attached hydrogens (tertiary/aromatic N) is 1. The number of hydrogen-bond acceptors (Lipinski definition) is 2. The summed E-state index contributed by atoms with van der Waals surface area (Å²) in [5.41, 5.74) is 6.32. The molecule has 0 heterocycles. The van der Waals surface area contributed by atoms with Gasteiger partial charge in [-0.25, -0.2) is 4.39 Å². The van der Waals surface area contributed by atoms with Gasteiger partial charge in [-0.2, -0.15) is 0 Å². The monoisotopic (exact) mass is 308 g/mol. The van der Waals surface area contributed by atoms with Gasteiger partial charge in [0.2, 0.25) is 5.91 Å². The van der Waals surface area contributed by atoms with Crippen LogP contribution in [-0.2, 0) is 11.2 Å². The van der Waals surface area contributed by atoms with E-state index < -0.39 is 11.8 Å². The zero-order chi connectivity index (χ0) is 16.4. The maximum absolute atomic E-state index is 12.9. The third-order valence-electron chi connectivity index (χ3n) is 3.15. The van der Waals surface area contributed by atoms with E-state index in [0.29, 0.717) is 18.9 Å². The third kappa shape index (κ3) is 6.56. The minimum atomic E-state index is -0.414. The molecule has 0 aliphatic carbocycles. The zero-order valence-corrected chi connectivity index (χ0v) is 13.2. The molecule has 1 unspecified atom stereocenters. The van der Waals surface area contributed by atoms with E-state index in [4.69, 9.17) is 5.73 Å². The van der Waals surface area contributed by atoms with E-state index in [1.54, 1.807) is 12.1 Å². The predicted molar refractivity (Wildman–Crippen MR) is 87.1 cm³/mol. The van der Waals surface area contributed by atoms with Crippen molar-refractivity contribution in [1.82, 2.24) is 10.6 Å². The Bertz CT molecular complexity index is 487. The Morgan fingerprint density at radius 3 is 2.50 bits per heavy atom. The van der Waals surface area contributed by atoms with Gasteiger partial charge in [0.15, 0.2) is 5.96 Å². The summed E-state index contributed by atoms with van der Waals surface area (Å²) in [7, 11) is 0. The average Bonchev–Trinajstić information content (AvgIpc) is 2.50. The summed E-state index contributed by atoms with van der Waals surface area (Å²) in [5.74, 6) is -0.438. The fourth-order valence-corrected chi connectivity index (χ4v) is 1.95. The van der Waals surface area contributed by atoms with Crippen molar-refractivity contribution in [3.05, 3.63) is 35.6 Å². The van der Waals surface area contributed by atoms with Crippen LogP contribution < -0.4 is 16.4 Å². The highest BCUT2D eigenvalue weighted by molar-refractivity contribution is 5.81. The minimum absolute atomic E-state index is 0.296. The summed E-state index contributed by atoms with van der Waals surface area (Å²) in [5, 5.41) is 6.29. The van der Waals surface area contributed by atoms with E-state index in [2.05, 4.69) is 22.5 Å². The number of hydrogen-bond donors (Lipinski definition) is 3. The average molecular weight is 308 g/mol. The van der Waals surface area contributed by atoms with Crippen molar-refractivity contribution in [2.45, 2.75) is 26.7 Å². The molecule has 6 heteroatoms. The first-order valence-electron chi connectivity index (χ1n) is 7.62. The van der Waals surface area contributed by atoms with Crippen LogP contribution in [0.1, 0.15) is 25.8 Å². The van der Waals surface area contributed by atoms with Crippen molar-refractivity contribution >= 4 is 11.9 Å².